The third kappa shape index (κ3) is 13.6. The molecule has 0 amide bonds. The van der Waals surface area contributed by atoms with E-state index in [1.165, 1.54) is 29.3 Å². The summed E-state index contributed by atoms with van der Waals surface area (Å²) < 4.78 is 90.1. The number of esters is 1. The van der Waals surface area contributed by atoms with Crippen LogP contribution in [0.1, 0.15) is 34.7 Å². The van der Waals surface area contributed by atoms with Crippen LogP contribution in [0.3, 0.4) is 0 Å². The minimum absolute atomic E-state index is 0.0191. The smallest absolute Gasteiger partial charge is 0.468 e. The number of carbonyl (C=O) groups excluding carboxylic acids is 1. The third-order valence-corrected chi connectivity index (χ3v) is 19.9. The number of nitrogens with one attached hydrogen (secondary N) is 1. The molecule has 7 N–H and O–H groups in total. The number of benzene rings is 1. The molecule has 0 bridgehead atoms. The molecular weight excluding hydrogens is 1060 g/mol. The lowest BCUT2D eigenvalue weighted by Crippen LogP contribution is -2.38. The van der Waals surface area contributed by atoms with Gasteiger partial charge >= 0.3 is 39.0 Å². The Morgan fingerprint density at radius 1 is 1.09 bits per heavy atom. The van der Waals surface area contributed by atoms with Crippen LogP contribution in [0.25, 0.3) is 11.2 Å². The maximum atomic E-state index is 12.7. The van der Waals surface area contributed by atoms with Crippen LogP contribution in [0.15, 0.2) is 47.2 Å². The van der Waals surface area contributed by atoms with Crippen molar-refractivity contribution in [2.45, 2.75) is 65.1 Å². The molecule has 4 aromatic rings. The number of carbonyl (C=O) groups is 1. The van der Waals surface area contributed by atoms with E-state index in [0.717, 1.165) is 36.0 Å². The van der Waals surface area contributed by atoms with Crippen molar-refractivity contribution in [3.63, 3.8) is 0 Å². The standard InChI is InChI=1S/C17H25Cl2F3N5O12P3S2.C16H16ClNO2S/c1-43-5-3-23-12-9-13(26-15(25-12)44-4-2-16(20,21)22)27(7-24-9)14-11(29)10(28)8(38-14)6-37-42(35,36)39-41(33,34)17(18,19)40(30,31)32;1-20-16(19)15(12-4-2-3-5-13(12)17)18-8-6-14-11(10-18)7-9-21-14/h7-8,10-11,14,28-29H,2-6H2,1H3,(H,33,34)(H,35,36)(H,23,25,26)(H2,30,31,32);2-5,7,9,15H,6,8,10H2,1H3/t8-,10-,11-,14-;15-/m10/s1. The van der Waals surface area contributed by atoms with E-state index in [0.29, 0.717) is 29.1 Å². The number of anilines is 1. The number of methoxy groups -OCH3 is 1. The molecular formula is C33H41Cl3F3N6O14P3S3. The minimum atomic E-state index is -5.97. The fourth-order valence-electron chi connectivity index (χ4n) is 6.21. The SMILES string of the molecule is COC(=O)[C@H](c1ccccc1Cl)N1CCc2sccc2C1.CSCCNc1nc(SCCC(F)(F)F)nc2c1ncn2[C@@H]1O[C@H](COP(=O)(O)OP(=O)(O)C(Cl)(Cl)P(=O)(O)O)[C@@H](O)[C@H]1O. The van der Waals surface area contributed by atoms with Crippen molar-refractivity contribution in [3.8, 4) is 0 Å². The number of hydrogen-bond donors (Lipinski definition) is 7. The second-order valence-electron chi connectivity index (χ2n) is 13.8. The Bertz CT molecular complexity index is 2440. The van der Waals surface area contributed by atoms with Crippen molar-refractivity contribution < 1.29 is 79.8 Å². The van der Waals surface area contributed by atoms with Gasteiger partial charge in [0.2, 0.25) is 0 Å². The summed E-state index contributed by atoms with van der Waals surface area (Å²) in [5.74, 6) is 0.145. The van der Waals surface area contributed by atoms with Gasteiger partial charge in [-0.05, 0) is 41.3 Å². The predicted octanol–water partition coefficient (Wildman–Crippen LogP) is 6.52. The number of phosphoric acid groups is 1. The van der Waals surface area contributed by atoms with Gasteiger partial charge in [0.25, 0.3) is 0 Å². The first kappa shape index (κ1) is 54.3. The second kappa shape index (κ2) is 22.4. The second-order valence-corrected chi connectivity index (χ2v) is 25.3. The number of ether oxygens (including phenoxy) is 2. The summed E-state index contributed by atoms with van der Waals surface area (Å²) in [4.78, 5) is 66.2. The van der Waals surface area contributed by atoms with Gasteiger partial charge in [0.05, 0.1) is 26.5 Å². The van der Waals surface area contributed by atoms with Gasteiger partial charge in [-0.1, -0.05) is 64.8 Å². The number of aliphatic hydroxyl groups is 2. The summed E-state index contributed by atoms with van der Waals surface area (Å²) in [6, 6.07) is 9.16. The van der Waals surface area contributed by atoms with Crippen LogP contribution in [0.5, 0.6) is 0 Å². The number of rotatable bonds is 18. The molecule has 0 aliphatic carbocycles. The van der Waals surface area contributed by atoms with Crippen molar-refractivity contribution in [2.24, 2.45) is 0 Å². The van der Waals surface area contributed by atoms with Crippen LogP contribution in [0.4, 0.5) is 19.0 Å². The van der Waals surface area contributed by atoms with Crippen LogP contribution in [0.2, 0.25) is 5.02 Å². The highest BCUT2D eigenvalue weighted by molar-refractivity contribution is 7.99. The summed E-state index contributed by atoms with van der Waals surface area (Å²) >= 11 is 20.7. The van der Waals surface area contributed by atoms with Gasteiger partial charge in [0, 0.05) is 41.0 Å². The molecule has 0 spiro atoms. The Labute approximate surface area is 395 Å². The Hall–Kier alpha value is -1.61. The first-order chi connectivity index (χ1) is 30.3. The van der Waals surface area contributed by atoms with Crippen molar-refractivity contribution >= 4 is 116 Å². The number of alkyl halides is 5. The zero-order valence-electron chi connectivity index (χ0n) is 33.6. The number of imidazole rings is 1. The first-order valence-electron chi connectivity index (χ1n) is 18.6. The topological polar surface area (TPSA) is 285 Å². The van der Waals surface area contributed by atoms with E-state index in [1.54, 1.807) is 11.3 Å². The number of phosphoric ester groups is 1. The van der Waals surface area contributed by atoms with Crippen LogP contribution < -0.4 is 5.32 Å². The van der Waals surface area contributed by atoms with E-state index in [1.807, 2.05) is 30.5 Å². The Balaban J connectivity index is 0.000000312. The maximum Gasteiger partial charge on any atom is 0.479 e. The normalized spacial score (nSPS) is 21.8. The molecule has 32 heteroatoms. The lowest BCUT2D eigenvalue weighted by atomic mass is 10.0. The van der Waals surface area contributed by atoms with Crippen LogP contribution in [-0.4, -0.2) is 133 Å². The highest BCUT2D eigenvalue weighted by atomic mass is 35.5. The molecule has 7 atom stereocenters. The number of halogens is 6. The molecule has 1 aromatic carbocycles. The number of thioether (sulfide) groups is 2. The Kier molecular flexibility index (Phi) is 18.7. The Morgan fingerprint density at radius 2 is 1.80 bits per heavy atom. The molecule has 3 aromatic heterocycles. The van der Waals surface area contributed by atoms with Gasteiger partial charge in [-0.25, -0.2) is 28.6 Å². The summed E-state index contributed by atoms with van der Waals surface area (Å²) in [6.45, 7) is 0.889. The van der Waals surface area contributed by atoms with Crippen molar-refractivity contribution in [2.75, 3.05) is 49.9 Å². The van der Waals surface area contributed by atoms with Crippen LogP contribution >= 0.6 is 92.7 Å². The largest absolute Gasteiger partial charge is 0.479 e. The lowest BCUT2D eigenvalue weighted by Gasteiger charge is -2.33. The fourth-order valence-corrected chi connectivity index (χ4v) is 12.7. The molecule has 2 aliphatic rings. The highest BCUT2D eigenvalue weighted by Crippen LogP contribution is 2.79. The summed E-state index contributed by atoms with van der Waals surface area (Å²) in [5, 5.41) is 26.8. The summed E-state index contributed by atoms with van der Waals surface area (Å²) in [5.41, 5.74) is 2.23. The molecule has 5 heterocycles. The van der Waals surface area contributed by atoms with E-state index in [9.17, 15) is 51.7 Å². The first-order valence-corrected chi connectivity index (χ1v) is 27.6. The number of hydrogen-bond acceptors (Lipinski definition) is 18. The Morgan fingerprint density at radius 3 is 2.45 bits per heavy atom. The van der Waals surface area contributed by atoms with Crippen molar-refractivity contribution in [3.05, 3.63) is 63.1 Å². The van der Waals surface area contributed by atoms with Gasteiger partial charge in [0.15, 0.2) is 28.4 Å². The lowest BCUT2D eigenvalue weighted by molar-refractivity contribution is -0.147. The average Bonchev–Trinajstić information content (AvgIpc) is 3.94. The fraction of sp³-hybridized carbons (Fsp3) is 0.515. The number of fused-ring (bicyclic) bond motifs is 2. The average molecular weight is 1100 g/mol. The molecule has 1 fully saturated rings. The van der Waals surface area contributed by atoms with Gasteiger partial charge in [-0.2, -0.15) is 24.9 Å². The van der Waals surface area contributed by atoms with E-state index >= 15 is 0 Å². The molecule has 0 saturated carbocycles. The quantitative estimate of drug-likeness (QED) is 0.0139. The zero-order chi connectivity index (χ0) is 48.1. The van der Waals surface area contributed by atoms with Crippen molar-refractivity contribution in [1.82, 2.24) is 24.4 Å². The zero-order valence-corrected chi connectivity index (χ0v) is 41.0. The van der Waals surface area contributed by atoms with E-state index in [2.05, 4.69) is 45.4 Å². The van der Waals surface area contributed by atoms with Crippen molar-refractivity contribution in [1.29, 1.82) is 0 Å². The summed E-state index contributed by atoms with van der Waals surface area (Å²) in [6.07, 6.45) is -8.33. The van der Waals surface area contributed by atoms with Gasteiger partial charge in [-0.3, -0.25) is 23.1 Å². The highest BCUT2D eigenvalue weighted by Gasteiger charge is 2.62. The third-order valence-electron chi connectivity index (χ3n) is 9.36. The summed E-state index contributed by atoms with van der Waals surface area (Å²) in [7, 11) is -16.0. The number of thiophene rings is 1. The minimum Gasteiger partial charge on any atom is -0.468 e. The molecule has 65 heavy (non-hydrogen) atoms. The van der Waals surface area contributed by atoms with Gasteiger partial charge < -0.3 is 44.6 Å². The number of nitrogens with zero attached hydrogens (tertiary/aromatic N) is 5. The number of aliphatic hydroxyl groups excluding tert-OH is 2. The maximum absolute atomic E-state index is 12.7. The molecule has 6 rings (SSSR count). The molecule has 2 aliphatic heterocycles. The molecule has 0 radical (unpaired) electrons. The van der Waals surface area contributed by atoms with Crippen LogP contribution in [0, 0.1) is 0 Å². The monoisotopic (exact) mass is 1100 g/mol. The van der Waals surface area contributed by atoms with E-state index in [-0.39, 0.29) is 28.1 Å². The van der Waals surface area contributed by atoms with E-state index < -0.39 is 82.4 Å². The molecule has 20 nitrogen and oxygen atoms in total. The van der Waals surface area contributed by atoms with Gasteiger partial charge in [-0.15, -0.1) is 11.3 Å². The molecule has 362 valence electrons. The predicted molar refractivity (Wildman–Crippen MR) is 237 cm³/mol. The van der Waals surface area contributed by atoms with E-state index in [4.69, 9.17) is 54.1 Å². The van der Waals surface area contributed by atoms with Crippen LogP contribution in [-0.2, 0) is 49.8 Å². The molecule has 2 unspecified atom stereocenters. The number of aromatic nitrogens is 4. The molecule has 1 saturated heterocycles. The van der Waals surface area contributed by atoms with Gasteiger partial charge in [0.1, 0.15) is 24.4 Å².